The number of ether oxygens (including phenoxy) is 1. The third-order valence-electron chi connectivity index (χ3n) is 3.74. The Bertz CT molecular complexity index is 498. The molecule has 1 fully saturated rings. The topological polar surface area (TPSA) is 80.6 Å². The van der Waals surface area contributed by atoms with Crippen LogP contribution in [-0.2, 0) is 11.3 Å². The maximum Gasteiger partial charge on any atom is 0.374 e. The molecule has 0 aromatic carbocycles. The smallest absolute Gasteiger partial charge is 0.374 e. The first kappa shape index (κ1) is 15.4. The van der Waals surface area contributed by atoms with Crippen LogP contribution in [0.1, 0.15) is 49.4 Å². The van der Waals surface area contributed by atoms with Crippen molar-refractivity contribution in [2.75, 3.05) is 6.61 Å². The number of esters is 1. The van der Waals surface area contributed by atoms with Crippen molar-refractivity contribution < 1.29 is 18.7 Å². The number of hydrogen-bond acceptors (Lipinski definition) is 4. The van der Waals surface area contributed by atoms with Gasteiger partial charge in [0.25, 0.3) is 0 Å². The molecule has 6 heteroatoms. The Balaban J connectivity index is 1.77. The summed E-state index contributed by atoms with van der Waals surface area (Å²) in [5, 5.41) is 5.70. The van der Waals surface area contributed by atoms with Gasteiger partial charge in [-0.15, -0.1) is 0 Å². The molecule has 1 saturated carbocycles. The quantitative estimate of drug-likeness (QED) is 0.817. The average Bonchev–Trinajstić information content (AvgIpc) is 3.07. The zero-order valence-corrected chi connectivity index (χ0v) is 12.5. The van der Waals surface area contributed by atoms with Crippen LogP contribution >= 0.6 is 0 Å². The zero-order chi connectivity index (χ0) is 15.2. The van der Waals surface area contributed by atoms with Crippen LogP contribution < -0.4 is 10.6 Å². The second-order valence-corrected chi connectivity index (χ2v) is 5.33. The first-order valence-electron chi connectivity index (χ1n) is 7.40. The average molecular weight is 294 g/mol. The summed E-state index contributed by atoms with van der Waals surface area (Å²) in [6, 6.07) is 3.25. The van der Waals surface area contributed by atoms with Gasteiger partial charge in [0, 0.05) is 6.04 Å². The fourth-order valence-electron chi connectivity index (χ4n) is 2.53. The Hall–Kier alpha value is -1.98. The van der Waals surface area contributed by atoms with Crippen LogP contribution in [0.3, 0.4) is 0 Å². The molecule has 0 aliphatic heterocycles. The molecule has 0 bridgehead atoms. The zero-order valence-electron chi connectivity index (χ0n) is 12.5. The van der Waals surface area contributed by atoms with Gasteiger partial charge < -0.3 is 19.8 Å². The summed E-state index contributed by atoms with van der Waals surface area (Å²) in [5.41, 5.74) is 0. The number of carbonyl (C=O) groups excluding carboxylic acids is 2. The molecule has 1 aliphatic rings. The highest BCUT2D eigenvalue weighted by Gasteiger charge is 2.24. The van der Waals surface area contributed by atoms with Gasteiger partial charge in [0.2, 0.25) is 5.76 Å². The van der Waals surface area contributed by atoms with Crippen molar-refractivity contribution in [1.29, 1.82) is 0 Å². The normalized spacial score (nSPS) is 21.0. The van der Waals surface area contributed by atoms with E-state index < -0.39 is 5.97 Å². The molecule has 2 rings (SSSR count). The van der Waals surface area contributed by atoms with Gasteiger partial charge in [0.1, 0.15) is 5.76 Å². The van der Waals surface area contributed by atoms with Gasteiger partial charge in [0.15, 0.2) is 0 Å². The van der Waals surface area contributed by atoms with Crippen molar-refractivity contribution in [1.82, 2.24) is 10.6 Å². The fourth-order valence-corrected chi connectivity index (χ4v) is 2.53. The van der Waals surface area contributed by atoms with Crippen LogP contribution in [0.25, 0.3) is 0 Å². The van der Waals surface area contributed by atoms with Crippen LogP contribution in [0.2, 0.25) is 0 Å². The van der Waals surface area contributed by atoms with Crippen LogP contribution in [-0.4, -0.2) is 24.6 Å². The van der Waals surface area contributed by atoms with Crippen LogP contribution in [0.15, 0.2) is 16.5 Å². The van der Waals surface area contributed by atoms with Crippen molar-refractivity contribution in [2.45, 2.75) is 45.7 Å². The van der Waals surface area contributed by atoms with E-state index in [-0.39, 0.29) is 24.4 Å². The summed E-state index contributed by atoms with van der Waals surface area (Å²) in [5.74, 6) is 0.703. The highest BCUT2D eigenvalue weighted by atomic mass is 16.5. The summed E-state index contributed by atoms with van der Waals surface area (Å²) in [4.78, 5) is 23.3. The molecule has 2 amide bonds. The SMILES string of the molecule is CCOC(=O)c1ccc(CNC(=O)NC2CCCC2C)o1. The molecule has 2 unspecified atom stereocenters. The lowest BCUT2D eigenvalue weighted by molar-refractivity contribution is 0.0488. The number of urea groups is 1. The Morgan fingerprint density at radius 1 is 1.38 bits per heavy atom. The predicted octanol–water partition coefficient (Wildman–Crippen LogP) is 2.44. The second kappa shape index (κ2) is 7.15. The van der Waals surface area contributed by atoms with E-state index in [0.717, 1.165) is 19.3 Å². The molecule has 1 aromatic heterocycles. The molecule has 6 nitrogen and oxygen atoms in total. The summed E-state index contributed by atoms with van der Waals surface area (Å²) in [6.07, 6.45) is 3.35. The standard InChI is InChI=1S/C15H22N2O4/c1-3-20-14(18)13-8-7-11(21-13)9-16-15(19)17-12-6-4-5-10(12)2/h7-8,10,12H,3-6,9H2,1-2H3,(H2,16,17,19). The Labute approximate surface area is 124 Å². The van der Waals surface area contributed by atoms with Crippen LogP contribution in [0, 0.1) is 5.92 Å². The molecule has 116 valence electrons. The third-order valence-corrected chi connectivity index (χ3v) is 3.74. The third kappa shape index (κ3) is 4.24. The van der Waals surface area contributed by atoms with Crippen molar-refractivity contribution >= 4 is 12.0 Å². The number of rotatable bonds is 5. The van der Waals surface area contributed by atoms with Gasteiger partial charge >= 0.3 is 12.0 Å². The Morgan fingerprint density at radius 2 is 2.19 bits per heavy atom. The molecular formula is C15H22N2O4. The summed E-state index contributed by atoms with van der Waals surface area (Å²) in [6.45, 7) is 4.43. The minimum atomic E-state index is -0.493. The minimum absolute atomic E-state index is 0.151. The number of hydrogen-bond donors (Lipinski definition) is 2. The van der Waals surface area contributed by atoms with Gasteiger partial charge in [-0.05, 0) is 37.8 Å². The van der Waals surface area contributed by atoms with Gasteiger partial charge in [0.05, 0.1) is 13.2 Å². The van der Waals surface area contributed by atoms with Crippen molar-refractivity contribution in [2.24, 2.45) is 5.92 Å². The maximum absolute atomic E-state index is 11.8. The molecule has 0 radical (unpaired) electrons. The molecule has 0 spiro atoms. The number of nitrogens with one attached hydrogen (secondary N) is 2. The molecule has 2 atom stereocenters. The summed E-state index contributed by atoms with van der Waals surface area (Å²) < 4.78 is 10.2. The first-order chi connectivity index (χ1) is 10.1. The molecule has 2 N–H and O–H groups in total. The van der Waals surface area contributed by atoms with Gasteiger partial charge in [-0.25, -0.2) is 9.59 Å². The van der Waals surface area contributed by atoms with E-state index in [1.54, 1.807) is 19.1 Å². The Morgan fingerprint density at radius 3 is 2.86 bits per heavy atom. The number of furan rings is 1. The maximum atomic E-state index is 11.8. The van der Waals surface area contributed by atoms with Crippen molar-refractivity contribution in [3.8, 4) is 0 Å². The molecular weight excluding hydrogens is 272 g/mol. The van der Waals surface area contributed by atoms with E-state index >= 15 is 0 Å². The predicted molar refractivity (Wildman–Crippen MR) is 76.8 cm³/mol. The van der Waals surface area contributed by atoms with E-state index in [4.69, 9.17) is 9.15 Å². The van der Waals surface area contributed by atoms with Crippen LogP contribution in [0.5, 0.6) is 0 Å². The number of amides is 2. The minimum Gasteiger partial charge on any atom is -0.460 e. The van der Waals surface area contributed by atoms with E-state index in [0.29, 0.717) is 18.3 Å². The lowest BCUT2D eigenvalue weighted by atomic mass is 10.1. The van der Waals surface area contributed by atoms with Crippen molar-refractivity contribution in [3.63, 3.8) is 0 Å². The van der Waals surface area contributed by atoms with E-state index in [1.165, 1.54) is 0 Å². The highest BCUT2D eigenvalue weighted by molar-refractivity contribution is 5.86. The van der Waals surface area contributed by atoms with Gasteiger partial charge in [-0.2, -0.15) is 0 Å². The second-order valence-electron chi connectivity index (χ2n) is 5.33. The molecule has 1 aliphatic carbocycles. The van der Waals surface area contributed by atoms with Gasteiger partial charge in [-0.1, -0.05) is 13.3 Å². The fraction of sp³-hybridized carbons (Fsp3) is 0.600. The molecule has 1 heterocycles. The Kier molecular flexibility index (Phi) is 5.25. The largest absolute Gasteiger partial charge is 0.460 e. The van der Waals surface area contributed by atoms with E-state index in [1.807, 2.05) is 0 Å². The monoisotopic (exact) mass is 294 g/mol. The summed E-state index contributed by atoms with van der Waals surface area (Å²) in [7, 11) is 0. The lowest BCUT2D eigenvalue weighted by Crippen LogP contribution is -2.42. The lowest BCUT2D eigenvalue weighted by Gasteiger charge is -2.17. The first-order valence-corrected chi connectivity index (χ1v) is 7.40. The van der Waals surface area contributed by atoms with E-state index in [9.17, 15) is 9.59 Å². The number of carbonyl (C=O) groups is 2. The molecule has 1 aromatic rings. The molecule has 0 saturated heterocycles. The van der Waals surface area contributed by atoms with E-state index in [2.05, 4.69) is 17.6 Å². The van der Waals surface area contributed by atoms with Crippen LogP contribution in [0.4, 0.5) is 4.79 Å². The highest BCUT2D eigenvalue weighted by Crippen LogP contribution is 2.24. The molecule has 21 heavy (non-hydrogen) atoms. The van der Waals surface area contributed by atoms with Crippen molar-refractivity contribution in [3.05, 3.63) is 23.7 Å². The summed E-state index contributed by atoms with van der Waals surface area (Å²) >= 11 is 0. The van der Waals surface area contributed by atoms with Gasteiger partial charge in [-0.3, -0.25) is 0 Å².